The van der Waals surface area contributed by atoms with Gasteiger partial charge in [0.25, 0.3) is 5.91 Å². The standard InChI is InChI=1S/C18H19ClN2O4/c1-11-14(15(20-25-11)12-6-3-4-7-13(12)19)16(22)21-9-5-8-18(2,10-21)17(23)24/h3-4,6-7H,5,8-10H2,1-2H3,(H,23,24). The number of aromatic nitrogens is 1. The van der Waals surface area contributed by atoms with Crippen LogP contribution in [0.15, 0.2) is 28.8 Å². The van der Waals surface area contributed by atoms with Crippen LogP contribution in [0.25, 0.3) is 11.3 Å². The van der Waals surface area contributed by atoms with Crippen LogP contribution in [0.2, 0.25) is 5.02 Å². The van der Waals surface area contributed by atoms with Crippen molar-refractivity contribution in [2.75, 3.05) is 13.1 Å². The second-order valence-electron chi connectivity index (χ2n) is 6.64. The number of carbonyl (C=O) groups is 2. The topological polar surface area (TPSA) is 83.6 Å². The number of carbonyl (C=O) groups excluding carboxylic acids is 1. The van der Waals surface area contributed by atoms with Crippen LogP contribution in [0.4, 0.5) is 0 Å². The zero-order chi connectivity index (χ0) is 18.2. The molecule has 25 heavy (non-hydrogen) atoms. The third kappa shape index (κ3) is 3.14. The first-order valence-electron chi connectivity index (χ1n) is 8.07. The summed E-state index contributed by atoms with van der Waals surface area (Å²) in [6.45, 7) is 4.01. The van der Waals surface area contributed by atoms with Gasteiger partial charge < -0.3 is 14.5 Å². The van der Waals surface area contributed by atoms with E-state index in [9.17, 15) is 14.7 Å². The number of amides is 1. The maximum atomic E-state index is 13.1. The molecule has 1 atom stereocenters. The summed E-state index contributed by atoms with van der Waals surface area (Å²) in [5, 5.41) is 13.9. The van der Waals surface area contributed by atoms with Crippen molar-refractivity contribution in [2.24, 2.45) is 5.41 Å². The molecule has 3 rings (SSSR count). The Labute approximate surface area is 150 Å². The number of halogens is 1. The van der Waals surface area contributed by atoms with Crippen molar-refractivity contribution in [1.29, 1.82) is 0 Å². The highest BCUT2D eigenvalue weighted by molar-refractivity contribution is 6.33. The lowest BCUT2D eigenvalue weighted by Crippen LogP contribution is -2.48. The lowest BCUT2D eigenvalue weighted by molar-refractivity contribution is -0.150. The number of carboxylic acid groups (broad SMARTS) is 1. The molecule has 1 aliphatic rings. The maximum Gasteiger partial charge on any atom is 0.311 e. The van der Waals surface area contributed by atoms with Crippen LogP contribution in [-0.2, 0) is 4.79 Å². The highest BCUT2D eigenvalue weighted by Crippen LogP contribution is 2.34. The third-order valence-electron chi connectivity index (χ3n) is 4.71. The quantitative estimate of drug-likeness (QED) is 0.901. The largest absolute Gasteiger partial charge is 0.481 e. The molecule has 0 saturated carbocycles. The molecule has 1 fully saturated rings. The minimum Gasteiger partial charge on any atom is -0.481 e. The van der Waals surface area contributed by atoms with Gasteiger partial charge in [-0.05, 0) is 32.8 Å². The molecule has 2 heterocycles. The molecule has 6 nitrogen and oxygen atoms in total. The van der Waals surface area contributed by atoms with Gasteiger partial charge in [-0.3, -0.25) is 9.59 Å². The highest BCUT2D eigenvalue weighted by Gasteiger charge is 2.40. The third-order valence-corrected chi connectivity index (χ3v) is 5.04. The van der Waals surface area contributed by atoms with Gasteiger partial charge in [0.05, 0.1) is 10.4 Å². The summed E-state index contributed by atoms with van der Waals surface area (Å²) in [6.07, 6.45) is 1.19. The van der Waals surface area contributed by atoms with Gasteiger partial charge in [-0.2, -0.15) is 0 Å². The van der Waals surface area contributed by atoms with E-state index in [-0.39, 0.29) is 12.5 Å². The lowest BCUT2D eigenvalue weighted by atomic mass is 9.82. The van der Waals surface area contributed by atoms with Crippen LogP contribution in [0.1, 0.15) is 35.9 Å². The molecule has 1 aromatic carbocycles. The number of hydrogen-bond acceptors (Lipinski definition) is 4. The molecule has 0 spiro atoms. The van der Waals surface area contributed by atoms with E-state index in [1.54, 1.807) is 36.9 Å². The summed E-state index contributed by atoms with van der Waals surface area (Å²) in [5.74, 6) is -0.776. The van der Waals surface area contributed by atoms with Crippen LogP contribution in [-0.4, -0.2) is 40.1 Å². The fourth-order valence-corrected chi connectivity index (χ4v) is 3.43. The first-order valence-corrected chi connectivity index (χ1v) is 8.45. The van der Waals surface area contributed by atoms with Crippen molar-refractivity contribution >= 4 is 23.5 Å². The Kier molecular flexibility index (Phi) is 4.56. The SMILES string of the molecule is Cc1onc(-c2ccccc2Cl)c1C(=O)N1CCCC(C)(C(=O)O)C1. The minimum absolute atomic E-state index is 0.160. The van der Waals surface area contributed by atoms with Gasteiger partial charge in [-0.25, -0.2) is 0 Å². The fraction of sp³-hybridized carbons (Fsp3) is 0.389. The molecular formula is C18H19ClN2O4. The first kappa shape index (κ1) is 17.5. The summed E-state index contributed by atoms with van der Waals surface area (Å²) in [4.78, 5) is 26.2. The van der Waals surface area contributed by atoms with E-state index in [4.69, 9.17) is 16.1 Å². The number of aliphatic carboxylic acids is 1. The average molecular weight is 363 g/mol. The maximum absolute atomic E-state index is 13.1. The Morgan fingerprint density at radius 2 is 2.08 bits per heavy atom. The van der Waals surface area contributed by atoms with Gasteiger partial charge in [0, 0.05) is 18.7 Å². The molecule has 0 aliphatic carbocycles. The molecule has 7 heteroatoms. The molecular weight excluding hydrogens is 344 g/mol. The van der Waals surface area contributed by atoms with Crippen molar-refractivity contribution in [3.63, 3.8) is 0 Å². The van der Waals surface area contributed by atoms with Gasteiger partial charge >= 0.3 is 5.97 Å². The van der Waals surface area contributed by atoms with Crippen LogP contribution in [0.5, 0.6) is 0 Å². The summed E-state index contributed by atoms with van der Waals surface area (Å²) >= 11 is 6.23. The molecule has 1 amide bonds. The number of likely N-dealkylation sites (tertiary alicyclic amines) is 1. The second-order valence-corrected chi connectivity index (χ2v) is 7.05. The molecule has 2 aromatic rings. The van der Waals surface area contributed by atoms with Crippen molar-refractivity contribution in [3.8, 4) is 11.3 Å². The molecule has 0 radical (unpaired) electrons. The summed E-state index contributed by atoms with van der Waals surface area (Å²) in [5.41, 5.74) is 0.393. The Balaban J connectivity index is 1.97. The molecule has 1 aliphatic heterocycles. The zero-order valence-corrected chi connectivity index (χ0v) is 14.8. The number of nitrogens with zero attached hydrogens (tertiary/aromatic N) is 2. The Bertz CT molecular complexity index is 832. The van der Waals surface area contributed by atoms with Gasteiger partial charge in [0.2, 0.25) is 0 Å². The van der Waals surface area contributed by atoms with Gasteiger partial charge in [-0.15, -0.1) is 0 Å². The lowest BCUT2D eigenvalue weighted by Gasteiger charge is -2.37. The molecule has 1 unspecified atom stereocenters. The van der Waals surface area contributed by atoms with Crippen LogP contribution < -0.4 is 0 Å². The zero-order valence-electron chi connectivity index (χ0n) is 14.1. The van der Waals surface area contributed by atoms with Crippen LogP contribution >= 0.6 is 11.6 Å². The smallest absolute Gasteiger partial charge is 0.311 e. The molecule has 1 aromatic heterocycles. The number of carboxylic acids is 1. The van der Waals surface area contributed by atoms with Crippen molar-refractivity contribution in [3.05, 3.63) is 40.6 Å². The second kappa shape index (κ2) is 6.52. The molecule has 1 saturated heterocycles. The van der Waals surface area contributed by atoms with Gasteiger partial charge in [0.15, 0.2) is 0 Å². The van der Waals surface area contributed by atoms with Crippen LogP contribution in [0, 0.1) is 12.3 Å². The monoisotopic (exact) mass is 362 g/mol. The normalized spacial score (nSPS) is 20.5. The fourth-order valence-electron chi connectivity index (χ4n) is 3.21. The van der Waals surface area contributed by atoms with Crippen molar-refractivity contribution in [1.82, 2.24) is 10.1 Å². The number of aryl methyl sites for hydroxylation is 1. The minimum atomic E-state index is -0.941. The van der Waals surface area contributed by atoms with Gasteiger partial charge in [-0.1, -0.05) is 35.0 Å². The van der Waals surface area contributed by atoms with E-state index in [2.05, 4.69) is 5.16 Å². The van der Waals surface area contributed by atoms with E-state index in [0.29, 0.717) is 47.0 Å². The predicted molar refractivity (Wildman–Crippen MR) is 92.6 cm³/mol. The number of benzene rings is 1. The summed E-state index contributed by atoms with van der Waals surface area (Å²) in [6, 6.07) is 7.09. The Morgan fingerprint density at radius 3 is 2.76 bits per heavy atom. The van der Waals surface area contributed by atoms with E-state index in [0.717, 1.165) is 0 Å². The number of piperidine rings is 1. The van der Waals surface area contributed by atoms with E-state index in [1.165, 1.54) is 0 Å². The van der Waals surface area contributed by atoms with E-state index < -0.39 is 11.4 Å². The van der Waals surface area contributed by atoms with Crippen LogP contribution in [0.3, 0.4) is 0 Å². The predicted octanol–water partition coefficient (Wildman–Crippen LogP) is 3.63. The summed E-state index contributed by atoms with van der Waals surface area (Å²) in [7, 11) is 0. The Morgan fingerprint density at radius 1 is 1.36 bits per heavy atom. The molecule has 132 valence electrons. The number of rotatable bonds is 3. The van der Waals surface area contributed by atoms with E-state index in [1.807, 2.05) is 6.07 Å². The highest BCUT2D eigenvalue weighted by atomic mass is 35.5. The number of hydrogen-bond donors (Lipinski definition) is 1. The average Bonchev–Trinajstić information content (AvgIpc) is 2.96. The van der Waals surface area contributed by atoms with Gasteiger partial charge in [0.1, 0.15) is 17.0 Å². The van der Waals surface area contributed by atoms with Crippen molar-refractivity contribution in [2.45, 2.75) is 26.7 Å². The summed E-state index contributed by atoms with van der Waals surface area (Å²) < 4.78 is 5.24. The molecule has 0 bridgehead atoms. The van der Waals surface area contributed by atoms with Crippen molar-refractivity contribution < 1.29 is 19.2 Å². The Hall–Kier alpha value is -2.34. The first-order chi connectivity index (χ1) is 11.8. The van der Waals surface area contributed by atoms with E-state index >= 15 is 0 Å². The molecule has 1 N–H and O–H groups in total.